The first-order chi connectivity index (χ1) is 6.68. The van der Waals surface area contributed by atoms with Crippen LogP contribution in [0.5, 0.6) is 0 Å². The molecule has 1 aliphatic rings. The van der Waals surface area contributed by atoms with Crippen LogP contribution >= 0.6 is 11.3 Å². The molecule has 1 aromatic rings. The van der Waals surface area contributed by atoms with Gasteiger partial charge in [-0.25, -0.2) is 0 Å². The van der Waals surface area contributed by atoms with Crippen LogP contribution in [0, 0.1) is 0 Å². The minimum Gasteiger partial charge on any atom is -0.390 e. The lowest BCUT2D eigenvalue weighted by Gasteiger charge is -2.34. The lowest BCUT2D eigenvalue weighted by molar-refractivity contribution is 0.000897. The molecule has 2 rings (SSSR count). The maximum absolute atomic E-state index is 10.3. The third-order valence-corrected chi connectivity index (χ3v) is 3.92. The monoisotopic (exact) mass is 211 g/mol. The van der Waals surface area contributed by atoms with Gasteiger partial charge in [0, 0.05) is 17.3 Å². The van der Waals surface area contributed by atoms with Gasteiger partial charge < -0.3 is 10.8 Å². The smallest absolute Gasteiger partial charge is 0.0697 e. The van der Waals surface area contributed by atoms with Gasteiger partial charge in [0.1, 0.15) is 0 Å². The molecular weight excluding hydrogens is 194 g/mol. The molecule has 2 nitrogen and oxygen atoms in total. The highest BCUT2D eigenvalue weighted by Gasteiger charge is 2.32. The molecule has 0 bridgehead atoms. The molecule has 0 spiro atoms. The lowest BCUT2D eigenvalue weighted by Crippen LogP contribution is -2.40. The van der Waals surface area contributed by atoms with Crippen molar-refractivity contribution < 1.29 is 5.11 Å². The Hall–Kier alpha value is -0.380. The van der Waals surface area contributed by atoms with Crippen molar-refractivity contribution in [2.24, 2.45) is 5.73 Å². The van der Waals surface area contributed by atoms with E-state index in [0.29, 0.717) is 6.04 Å². The Kier molecular flexibility index (Phi) is 2.91. The lowest BCUT2D eigenvalue weighted by atomic mass is 9.80. The second-order valence-electron chi connectivity index (χ2n) is 4.32. The average molecular weight is 211 g/mol. The standard InChI is InChI=1S/C11H17NOS/c12-9-3-5-11(13,6-4-9)8-10-2-1-7-14-10/h1-2,7,9,13H,3-6,8,12H2. The van der Waals surface area contributed by atoms with E-state index in [1.165, 1.54) is 4.88 Å². The minimum atomic E-state index is -0.485. The topological polar surface area (TPSA) is 46.2 Å². The molecule has 0 amide bonds. The highest BCUT2D eigenvalue weighted by atomic mass is 32.1. The Morgan fingerprint density at radius 2 is 2.21 bits per heavy atom. The van der Waals surface area contributed by atoms with Crippen molar-refractivity contribution in [2.45, 2.75) is 43.7 Å². The van der Waals surface area contributed by atoms with E-state index in [1.807, 2.05) is 6.07 Å². The summed E-state index contributed by atoms with van der Waals surface area (Å²) in [6, 6.07) is 4.44. The van der Waals surface area contributed by atoms with E-state index < -0.39 is 5.60 Å². The van der Waals surface area contributed by atoms with Crippen LogP contribution in [0.1, 0.15) is 30.6 Å². The Balaban J connectivity index is 1.96. The van der Waals surface area contributed by atoms with Crippen molar-refractivity contribution in [3.63, 3.8) is 0 Å². The van der Waals surface area contributed by atoms with Crippen molar-refractivity contribution in [3.8, 4) is 0 Å². The normalized spacial score (nSPS) is 33.1. The molecular formula is C11H17NOS. The SMILES string of the molecule is NC1CCC(O)(Cc2cccs2)CC1. The molecule has 1 aromatic heterocycles. The number of thiophene rings is 1. The van der Waals surface area contributed by atoms with Crippen molar-refractivity contribution in [1.29, 1.82) is 0 Å². The van der Waals surface area contributed by atoms with Gasteiger partial charge in [-0.1, -0.05) is 6.07 Å². The van der Waals surface area contributed by atoms with E-state index in [-0.39, 0.29) is 0 Å². The summed E-state index contributed by atoms with van der Waals surface area (Å²) in [5.74, 6) is 0. The van der Waals surface area contributed by atoms with Gasteiger partial charge in [-0.3, -0.25) is 0 Å². The van der Waals surface area contributed by atoms with Gasteiger partial charge in [0.25, 0.3) is 0 Å². The fourth-order valence-electron chi connectivity index (χ4n) is 2.09. The van der Waals surface area contributed by atoms with Gasteiger partial charge in [-0.05, 0) is 37.1 Å². The third-order valence-electron chi connectivity index (χ3n) is 3.04. The van der Waals surface area contributed by atoms with E-state index in [0.717, 1.165) is 32.1 Å². The largest absolute Gasteiger partial charge is 0.390 e. The summed E-state index contributed by atoms with van der Waals surface area (Å²) in [5.41, 5.74) is 5.34. The van der Waals surface area contributed by atoms with E-state index in [4.69, 9.17) is 5.73 Å². The van der Waals surface area contributed by atoms with Gasteiger partial charge in [0.05, 0.1) is 5.60 Å². The average Bonchev–Trinajstić information content (AvgIpc) is 2.63. The van der Waals surface area contributed by atoms with Crippen LogP contribution in [-0.4, -0.2) is 16.7 Å². The summed E-state index contributed by atoms with van der Waals surface area (Å²) < 4.78 is 0. The second kappa shape index (κ2) is 4.01. The Labute approximate surface area is 88.8 Å². The second-order valence-corrected chi connectivity index (χ2v) is 5.35. The first kappa shape index (κ1) is 10.1. The molecule has 1 fully saturated rings. The molecule has 1 aliphatic carbocycles. The van der Waals surface area contributed by atoms with E-state index in [2.05, 4.69) is 11.4 Å². The van der Waals surface area contributed by atoms with Crippen LogP contribution in [0.2, 0.25) is 0 Å². The van der Waals surface area contributed by atoms with Crippen LogP contribution in [0.25, 0.3) is 0 Å². The number of rotatable bonds is 2. The van der Waals surface area contributed by atoms with E-state index in [1.54, 1.807) is 11.3 Å². The summed E-state index contributed by atoms with van der Waals surface area (Å²) in [6.45, 7) is 0. The summed E-state index contributed by atoms with van der Waals surface area (Å²) >= 11 is 1.72. The predicted molar refractivity (Wildman–Crippen MR) is 59.4 cm³/mol. The molecule has 0 aromatic carbocycles. The minimum absolute atomic E-state index is 0.304. The van der Waals surface area contributed by atoms with Gasteiger partial charge in [0.15, 0.2) is 0 Å². The third kappa shape index (κ3) is 2.35. The Bertz CT molecular complexity index is 275. The molecule has 0 radical (unpaired) electrons. The van der Waals surface area contributed by atoms with Crippen molar-refractivity contribution >= 4 is 11.3 Å². The van der Waals surface area contributed by atoms with Gasteiger partial charge in [-0.2, -0.15) is 0 Å². The first-order valence-corrected chi connectivity index (χ1v) is 6.06. The van der Waals surface area contributed by atoms with Crippen LogP contribution in [0.4, 0.5) is 0 Å². The number of hydrogen-bond donors (Lipinski definition) is 2. The summed E-state index contributed by atoms with van der Waals surface area (Å²) in [7, 11) is 0. The quantitative estimate of drug-likeness (QED) is 0.785. The zero-order valence-electron chi connectivity index (χ0n) is 8.28. The molecule has 1 saturated carbocycles. The van der Waals surface area contributed by atoms with E-state index in [9.17, 15) is 5.11 Å². The number of aliphatic hydroxyl groups is 1. The molecule has 1 heterocycles. The molecule has 78 valence electrons. The summed E-state index contributed by atoms with van der Waals surface area (Å²) in [5, 5.41) is 12.4. The highest BCUT2D eigenvalue weighted by Crippen LogP contribution is 2.31. The van der Waals surface area contributed by atoms with E-state index >= 15 is 0 Å². The van der Waals surface area contributed by atoms with Crippen molar-refractivity contribution in [1.82, 2.24) is 0 Å². The maximum Gasteiger partial charge on any atom is 0.0697 e. The Morgan fingerprint density at radius 1 is 1.50 bits per heavy atom. The van der Waals surface area contributed by atoms with Crippen LogP contribution < -0.4 is 5.73 Å². The number of nitrogens with two attached hydrogens (primary N) is 1. The fourth-order valence-corrected chi connectivity index (χ4v) is 2.93. The highest BCUT2D eigenvalue weighted by molar-refractivity contribution is 7.09. The molecule has 0 aliphatic heterocycles. The van der Waals surface area contributed by atoms with Crippen LogP contribution in [0.15, 0.2) is 17.5 Å². The molecule has 3 heteroatoms. The van der Waals surface area contributed by atoms with Gasteiger partial charge in [0.2, 0.25) is 0 Å². The maximum atomic E-state index is 10.3. The fraction of sp³-hybridized carbons (Fsp3) is 0.636. The zero-order chi connectivity index (χ0) is 10.0. The summed E-state index contributed by atoms with van der Waals surface area (Å²) in [4.78, 5) is 1.28. The predicted octanol–water partition coefficient (Wildman–Crippen LogP) is 1.92. The molecule has 3 N–H and O–H groups in total. The van der Waals surface area contributed by atoms with Crippen LogP contribution in [0.3, 0.4) is 0 Å². The van der Waals surface area contributed by atoms with Crippen LogP contribution in [-0.2, 0) is 6.42 Å². The first-order valence-electron chi connectivity index (χ1n) is 5.18. The van der Waals surface area contributed by atoms with Crippen molar-refractivity contribution in [3.05, 3.63) is 22.4 Å². The van der Waals surface area contributed by atoms with Crippen molar-refractivity contribution in [2.75, 3.05) is 0 Å². The van der Waals surface area contributed by atoms with Gasteiger partial charge >= 0.3 is 0 Å². The number of hydrogen-bond acceptors (Lipinski definition) is 3. The zero-order valence-corrected chi connectivity index (χ0v) is 9.09. The molecule has 14 heavy (non-hydrogen) atoms. The molecule has 0 saturated heterocycles. The Morgan fingerprint density at radius 3 is 2.79 bits per heavy atom. The molecule has 0 atom stereocenters. The molecule has 0 unspecified atom stereocenters. The summed E-state index contributed by atoms with van der Waals surface area (Å²) in [6.07, 6.45) is 4.43. The van der Waals surface area contributed by atoms with Gasteiger partial charge in [-0.15, -0.1) is 11.3 Å².